The van der Waals surface area contributed by atoms with Crippen molar-refractivity contribution < 1.29 is 9.21 Å². The van der Waals surface area contributed by atoms with Crippen LogP contribution < -0.4 is 4.90 Å². The molecule has 1 saturated heterocycles. The Balaban J connectivity index is 1.64. The fourth-order valence-corrected chi connectivity index (χ4v) is 2.51. The molecule has 0 saturated carbocycles. The molecule has 3 rings (SSSR count). The van der Waals surface area contributed by atoms with Crippen LogP contribution >= 0.6 is 0 Å². The maximum Gasteiger partial charge on any atom is 0.289 e. The molecule has 6 nitrogen and oxygen atoms in total. The second-order valence-electron chi connectivity index (χ2n) is 5.68. The van der Waals surface area contributed by atoms with E-state index in [4.69, 9.17) is 4.42 Å². The van der Waals surface area contributed by atoms with Gasteiger partial charge < -0.3 is 14.2 Å². The Hall–Kier alpha value is -2.37. The summed E-state index contributed by atoms with van der Waals surface area (Å²) in [5.74, 6) is 2.45. The Morgan fingerprint density at radius 3 is 2.64 bits per heavy atom. The van der Waals surface area contributed by atoms with Crippen molar-refractivity contribution >= 4 is 11.7 Å². The SMILES string of the molecule is CC(C)c1nccc(N2CCN(C(=O)c3ccco3)CC2)n1. The third-order valence-corrected chi connectivity index (χ3v) is 3.80. The maximum atomic E-state index is 12.2. The van der Waals surface area contributed by atoms with Crippen LogP contribution in [0.1, 0.15) is 36.1 Å². The Bertz CT molecular complexity index is 631. The van der Waals surface area contributed by atoms with Gasteiger partial charge in [0.2, 0.25) is 0 Å². The van der Waals surface area contributed by atoms with Gasteiger partial charge in [0.05, 0.1) is 6.26 Å². The molecular formula is C16H20N4O2. The first kappa shape index (κ1) is 14.6. The van der Waals surface area contributed by atoms with Crippen molar-refractivity contribution in [3.05, 3.63) is 42.2 Å². The monoisotopic (exact) mass is 300 g/mol. The summed E-state index contributed by atoms with van der Waals surface area (Å²) in [6, 6.07) is 5.36. The third kappa shape index (κ3) is 2.95. The first-order chi connectivity index (χ1) is 10.6. The van der Waals surface area contributed by atoms with E-state index in [0.717, 1.165) is 24.7 Å². The van der Waals surface area contributed by atoms with Crippen LogP contribution in [0.4, 0.5) is 5.82 Å². The van der Waals surface area contributed by atoms with E-state index < -0.39 is 0 Å². The molecular weight excluding hydrogens is 280 g/mol. The van der Waals surface area contributed by atoms with Gasteiger partial charge in [-0.2, -0.15) is 0 Å². The number of hydrogen-bond acceptors (Lipinski definition) is 5. The Morgan fingerprint density at radius 1 is 1.23 bits per heavy atom. The van der Waals surface area contributed by atoms with Gasteiger partial charge in [0, 0.05) is 38.3 Å². The lowest BCUT2D eigenvalue weighted by Crippen LogP contribution is -2.49. The van der Waals surface area contributed by atoms with Gasteiger partial charge in [0.25, 0.3) is 5.91 Å². The molecule has 6 heteroatoms. The second kappa shape index (κ2) is 6.17. The van der Waals surface area contributed by atoms with Crippen LogP contribution in [0.15, 0.2) is 35.1 Å². The summed E-state index contributed by atoms with van der Waals surface area (Å²) in [6.45, 7) is 7.03. The molecule has 1 fully saturated rings. The van der Waals surface area contributed by atoms with Crippen LogP contribution in [-0.4, -0.2) is 47.0 Å². The second-order valence-corrected chi connectivity index (χ2v) is 5.68. The van der Waals surface area contributed by atoms with E-state index in [-0.39, 0.29) is 5.91 Å². The smallest absolute Gasteiger partial charge is 0.289 e. The van der Waals surface area contributed by atoms with Crippen LogP contribution in [0, 0.1) is 0 Å². The number of rotatable bonds is 3. The summed E-state index contributed by atoms with van der Waals surface area (Å²) in [6.07, 6.45) is 3.33. The standard InChI is InChI=1S/C16H20N4O2/c1-12(2)15-17-6-5-14(18-15)19-7-9-20(10-8-19)16(21)13-4-3-11-22-13/h3-6,11-12H,7-10H2,1-2H3. The molecule has 3 heterocycles. The van der Waals surface area contributed by atoms with Gasteiger partial charge in [-0.25, -0.2) is 9.97 Å². The number of anilines is 1. The first-order valence-corrected chi connectivity index (χ1v) is 7.56. The summed E-state index contributed by atoms with van der Waals surface area (Å²) >= 11 is 0. The number of amides is 1. The van der Waals surface area contributed by atoms with Gasteiger partial charge in [-0.1, -0.05) is 13.8 Å². The summed E-state index contributed by atoms with van der Waals surface area (Å²) in [4.78, 5) is 25.2. The molecule has 0 aromatic carbocycles. The minimum absolute atomic E-state index is 0.0461. The quantitative estimate of drug-likeness (QED) is 0.869. The lowest BCUT2D eigenvalue weighted by Gasteiger charge is -2.35. The topological polar surface area (TPSA) is 62.5 Å². The molecule has 116 valence electrons. The highest BCUT2D eigenvalue weighted by Gasteiger charge is 2.24. The van der Waals surface area contributed by atoms with Gasteiger partial charge in [-0.15, -0.1) is 0 Å². The highest BCUT2D eigenvalue weighted by molar-refractivity contribution is 5.91. The third-order valence-electron chi connectivity index (χ3n) is 3.80. The summed E-state index contributed by atoms with van der Waals surface area (Å²) in [7, 11) is 0. The highest BCUT2D eigenvalue weighted by atomic mass is 16.3. The van der Waals surface area contributed by atoms with Crippen molar-refractivity contribution in [2.24, 2.45) is 0 Å². The van der Waals surface area contributed by atoms with Gasteiger partial charge in [0.1, 0.15) is 11.6 Å². The normalized spacial score (nSPS) is 15.4. The molecule has 0 atom stereocenters. The van der Waals surface area contributed by atoms with Crippen molar-refractivity contribution in [1.82, 2.24) is 14.9 Å². The van der Waals surface area contributed by atoms with Crippen LogP contribution in [0.25, 0.3) is 0 Å². The number of hydrogen-bond donors (Lipinski definition) is 0. The van der Waals surface area contributed by atoms with Crippen molar-refractivity contribution in [3.63, 3.8) is 0 Å². The van der Waals surface area contributed by atoms with Gasteiger partial charge >= 0.3 is 0 Å². The fourth-order valence-electron chi connectivity index (χ4n) is 2.51. The van der Waals surface area contributed by atoms with Gasteiger partial charge in [-0.05, 0) is 18.2 Å². The van der Waals surface area contributed by atoms with Crippen LogP contribution in [-0.2, 0) is 0 Å². The predicted octanol–water partition coefficient (Wildman–Crippen LogP) is 2.16. The Kier molecular flexibility index (Phi) is 4.09. The lowest BCUT2D eigenvalue weighted by molar-refractivity contribution is 0.0714. The van der Waals surface area contributed by atoms with E-state index in [1.165, 1.54) is 6.26 Å². The number of furan rings is 1. The maximum absolute atomic E-state index is 12.2. The van der Waals surface area contributed by atoms with E-state index in [1.54, 1.807) is 18.3 Å². The predicted molar refractivity (Wildman–Crippen MR) is 82.9 cm³/mol. The number of carbonyl (C=O) groups excluding carboxylic acids is 1. The molecule has 0 N–H and O–H groups in total. The summed E-state index contributed by atoms with van der Waals surface area (Å²) in [5, 5.41) is 0. The van der Waals surface area contributed by atoms with Crippen molar-refractivity contribution in [2.45, 2.75) is 19.8 Å². The molecule has 0 unspecified atom stereocenters. The zero-order valence-corrected chi connectivity index (χ0v) is 12.9. The number of carbonyl (C=O) groups is 1. The molecule has 0 aliphatic carbocycles. The zero-order valence-electron chi connectivity index (χ0n) is 12.9. The molecule has 2 aromatic heterocycles. The molecule has 2 aromatic rings. The number of nitrogens with zero attached hydrogens (tertiary/aromatic N) is 4. The molecule has 22 heavy (non-hydrogen) atoms. The van der Waals surface area contributed by atoms with E-state index in [9.17, 15) is 4.79 Å². The Morgan fingerprint density at radius 2 is 2.00 bits per heavy atom. The minimum atomic E-state index is -0.0461. The molecule has 1 aliphatic heterocycles. The summed E-state index contributed by atoms with van der Waals surface area (Å²) < 4.78 is 5.18. The molecule has 1 amide bonds. The summed E-state index contributed by atoms with van der Waals surface area (Å²) in [5.41, 5.74) is 0. The van der Waals surface area contributed by atoms with Gasteiger partial charge in [0.15, 0.2) is 5.76 Å². The Labute approximate surface area is 129 Å². The molecule has 0 radical (unpaired) electrons. The largest absolute Gasteiger partial charge is 0.459 e. The van der Waals surface area contributed by atoms with Crippen molar-refractivity contribution in [1.29, 1.82) is 0 Å². The van der Waals surface area contributed by atoms with Gasteiger partial charge in [-0.3, -0.25) is 4.79 Å². The minimum Gasteiger partial charge on any atom is -0.459 e. The lowest BCUT2D eigenvalue weighted by atomic mass is 10.2. The molecule has 1 aliphatic rings. The van der Waals surface area contributed by atoms with E-state index in [1.807, 2.05) is 11.0 Å². The van der Waals surface area contributed by atoms with Crippen LogP contribution in [0.5, 0.6) is 0 Å². The van der Waals surface area contributed by atoms with E-state index >= 15 is 0 Å². The van der Waals surface area contributed by atoms with Crippen LogP contribution in [0.2, 0.25) is 0 Å². The zero-order chi connectivity index (χ0) is 15.5. The number of aromatic nitrogens is 2. The average Bonchev–Trinajstić information content (AvgIpc) is 3.09. The fraction of sp³-hybridized carbons (Fsp3) is 0.438. The average molecular weight is 300 g/mol. The molecule has 0 spiro atoms. The highest BCUT2D eigenvalue weighted by Crippen LogP contribution is 2.17. The number of piperazine rings is 1. The van der Waals surface area contributed by atoms with E-state index in [2.05, 4.69) is 28.7 Å². The van der Waals surface area contributed by atoms with E-state index in [0.29, 0.717) is 24.8 Å². The van der Waals surface area contributed by atoms with Crippen LogP contribution in [0.3, 0.4) is 0 Å². The first-order valence-electron chi connectivity index (χ1n) is 7.56. The molecule has 0 bridgehead atoms. The van der Waals surface area contributed by atoms with Crippen molar-refractivity contribution in [2.75, 3.05) is 31.1 Å². The van der Waals surface area contributed by atoms with Crippen molar-refractivity contribution in [3.8, 4) is 0 Å².